The number of carbonyl (C=O) groups is 4. The normalized spacial score (nSPS) is 15.1. The van der Waals surface area contributed by atoms with Crippen molar-refractivity contribution >= 4 is 36.5 Å². The van der Waals surface area contributed by atoms with Crippen molar-refractivity contribution in [2.45, 2.75) is 24.5 Å². The van der Waals surface area contributed by atoms with Crippen LogP contribution in [0.15, 0.2) is 0 Å². The van der Waals surface area contributed by atoms with Crippen molar-refractivity contribution in [2.75, 3.05) is 5.75 Å². The van der Waals surface area contributed by atoms with Crippen LogP contribution in [0, 0.1) is 0 Å². The van der Waals surface area contributed by atoms with Crippen molar-refractivity contribution in [1.82, 2.24) is 0 Å². The molecule has 0 fully saturated rings. The largest absolute Gasteiger partial charge is 0.481 e. The average Bonchev–Trinajstić information content (AvgIpc) is 2.25. The first-order valence-electron chi connectivity index (χ1n) is 4.91. The van der Waals surface area contributed by atoms with Crippen LogP contribution >= 0.6 is 12.6 Å². The Labute approximate surface area is 112 Å². The molecule has 0 heterocycles. The molecule has 0 rings (SSSR count). The van der Waals surface area contributed by atoms with Gasteiger partial charge in [-0.25, -0.2) is 9.59 Å². The Morgan fingerprint density at radius 2 is 1.74 bits per heavy atom. The first-order chi connectivity index (χ1) is 8.62. The number of hydrogen-bond acceptors (Lipinski definition) is 8. The fraction of sp³-hybridized carbons (Fsp3) is 0.556. The molecule has 0 spiro atoms. The van der Waals surface area contributed by atoms with E-state index in [1.165, 1.54) is 0 Å². The van der Waals surface area contributed by atoms with Crippen LogP contribution in [0.4, 0.5) is 0 Å². The molecule has 0 saturated carbocycles. The number of carboxylic acid groups (broad SMARTS) is 2. The standard InChI is InChI=1S/C9H13NO8S/c10-4(3-19)7(14)18-6(13)2-9(17,8(15)16)1-5(11)12/h4,17,19H,1-3,10H2,(H,11,12)(H,15,16)/t4-,9?/m0/s1. The Morgan fingerprint density at radius 1 is 1.21 bits per heavy atom. The number of nitrogens with two attached hydrogens (primary N) is 1. The van der Waals surface area contributed by atoms with Gasteiger partial charge < -0.3 is 25.8 Å². The van der Waals surface area contributed by atoms with Crippen LogP contribution in [0.1, 0.15) is 12.8 Å². The van der Waals surface area contributed by atoms with E-state index in [1.807, 2.05) is 0 Å². The van der Waals surface area contributed by atoms with E-state index in [2.05, 4.69) is 17.4 Å². The van der Waals surface area contributed by atoms with E-state index in [0.717, 1.165) is 0 Å². The number of aliphatic carboxylic acids is 2. The predicted octanol–water partition coefficient (Wildman–Crippen LogP) is -2.01. The van der Waals surface area contributed by atoms with Crippen molar-refractivity contribution in [1.29, 1.82) is 0 Å². The molecule has 0 aromatic heterocycles. The van der Waals surface area contributed by atoms with Gasteiger partial charge in [0.05, 0.1) is 12.8 Å². The summed E-state index contributed by atoms with van der Waals surface area (Å²) in [6.45, 7) is 0. The Morgan fingerprint density at radius 3 is 2.11 bits per heavy atom. The number of esters is 2. The summed E-state index contributed by atoms with van der Waals surface area (Å²) in [5.41, 5.74) is 2.34. The Kier molecular flexibility index (Phi) is 6.45. The average molecular weight is 295 g/mol. The third kappa shape index (κ3) is 5.68. The second kappa shape index (κ2) is 7.07. The van der Waals surface area contributed by atoms with Crippen molar-refractivity contribution < 1.29 is 39.2 Å². The summed E-state index contributed by atoms with van der Waals surface area (Å²) in [5, 5.41) is 26.6. The molecule has 0 aliphatic heterocycles. The number of carbonyl (C=O) groups excluding carboxylic acids is 2. The highest BCUT2D eigenvalue weighted by atomic mass is 32.1. The molecule has 0 radical (unpaired) electrons. The van der Waals surface area contributed by atoms with E-state index in [0.29, 0.717) is 0 Å². The van der Waals surface area contributed by atoms with Crippen molar-refractivity contribution in [3.05, 3.63) is 0 Å². The maximum atomic E-state index is 11.2. The Bertz CT molecular complexity index is 398. The summed E-state index contributed by atoms with van der Waals surface area (Å²) in [4.78, 5) is 43.5. The van der Waals surface area contributed by atoms with Crippen molar-refractivity contribution in [3.8, 4) is 0 Å². The van der Waals surface area contributed by atoms with E-state index in [-0.39, 0.29) is 5.75 Å². The zero-order chi connectivity index (χ0) is 15.2. The van der Waals surface area contributed by atoms with Gasteiger partial charge in [0.15, 0.2) is 5.60 Å². The third-order valence-electron chi connectivity index (χ3n) is 1.99. The zero-order valence-electron chi connectivity index (χ0n) is 9.61. The molecule has 9 nitrogen and oxygen atoms in total. The maximum Gasteiger partial charge on any atom is 0.336 e. The van der Waals surface area contributed by atoms with Gasteiger partial charge in [-0.2, -0.15) is 12.6 Å². The summed E-state index contributed by atoms with van der Waals surface area (Å²) < 4.78 is 4.16. The number of aliphatic hydroxyl groups is 1. The van der Waals surface area contributed by atoms with Gasteiger partial charge in [0, 0.05) is 5.75 Å². The second-order valence-electron chi connectivity index (χ2n) is 3.67. The number of carboxylic acids is 2. The molecule has 19 heavy (non-hydrogen) atoms. The van der Waals surface area contributed by atoms with Crippen LogP contribution in [0.5, 0.6) is 0 Å². The molecule has 0 aliphatic rings. The summed E-state index contributed by atoms with van der Waals surface area (Å²) in [5.74, 6) is -6.20. The van der Waals surface area contributed by atoms with Crippen LogP contribution in [0.3, 0.4) is 0 Å². The van der Waals surface area contributed by atoms with Gasteiger partial charge in [-0.05, 0) is 0 Å². The number of hydrogen-bond donors (Lipinski definition) is 5. The van der Waals surface area contributed by atoms with Gasteiger partial charge in [0.1, 0.15) is 6.04 Å². The first kappa shape index (κ1) is 17.4. The van der Waals surface area contributed by atoms with E-state index in [4.69, 9.17) is 15.9 Å². The van der Waals surface area contributed by atoms with Gasteiger partial charge in [-0.1, -0.05) is 0 Å². The lowest BCUT2D eigenvalue weighted by atomic mass is 9.96. The summed E-state index contributed by atoms with van der Waals surface area (Å²) in [6.07, 6.45) is -2.41. The smallest absolute Gasteiger partial charge is 0.336 e. The lowest BCUT2D eigenvalue weighted by molar-refractivity contribution is -0.174. The summed E-state index contributed by atoms with van der Waals surface area (Å²) >= 11 is 3.68. The van der Waals surface area contributed by atoms with Gasteiger partial charge in [-0.3, -0.25) is 9.59 Å². The Hall–Kier alpha value is -1.65. The molecular weight excluding hydrogens is 282 g/mol. The fourth-order valence-corrected chi connectivity index (χ4v) is 1.15. The van der Waals surface area contributed by atoms with Crippen LogP contribution < -0.4 is 5.73 Å². The predicted molar refractivity (Wildman–Crippen MR) is 62.4 cm³/mol. The fourth-order valence-electron chi connectivity index (χ4n) is 1.00. The molecule has 0 aromatic rings. The Balaban J connectivity index is 4.70. The number of ether oxygens (including phenoxy) is 1. The molecule has 0 aromatic carbocycles. The van der Waals surface area contributed by atoms with E-state index >= 15 is 0 Å². The SMILES string of the molecule is N[C@@H](CS)C(=O)OC(=O)CC(O)(CC(=O)O)C(=O)O. The molecule has 0 bridgehead atoms. The highest BCUT2D eigenvalue weighted by molar-refractivity contribution is 7.80. The molecule has 0 amide bonds. The maximum absolute atomic E-state index is 11.2. The van der Waals surface area contributed by atoms with Gasteiger partial charge in [0.25, 0.3) is 0 Å². The summed E-state index contributed by atoms with van der Waals surface area (Å²) in [7, 11) is 0. The van der Waals surface area contributed by atoms with Gasteiger partial charge in [-0.15, -0.1) is 0 Å². The van der Waals surface area contributed by atoms with Crippen LogP contribution in [-0.2, 0) is 23.9 Å². The molecule has 1 unspecified atom stereocenters. The zero-order valence-corrected chi connectivity index (χ0v) is 10.5. The number of thiol groups is 1. The minimum absolute atomic E-state index is 0.107. The van der Waals surface area contributed by atoms with E-state index < -0.39 is 48.4 Å². The van der Waals surface area contributed by atoms with Crippen LogP contribution in [0.2, 0.25) is 0 Å². The molecule has 10 heteroatoms. The molecule has 2 atom stereocenters. The van der Waals surface area contributed by atoms with E-state index in [1.54, 1.807) is 0 Å². The molecule has 5 N–H and O–H groups in total. The molecule has 0 saturated heterocycles. The van der Waals surface area contributed by atoms with Crippen molar-refractivity contribution in [2.24, 2.45) is 5.73 Å². The topological polar surface area (TPSA) is 164 Å². The molecule has 108 valence electrons. The van der Waals surface area contributed by atoms with Crippen LogP contribution in [0.25, 0.3) is 0 Å². The summed E-state index contributed by atoms with van der Waals surface area (Å²) in [6, 6.07) is -1.19. The molecular formula is C9H13NO8S. The minimum Gasteiger partial charge on any atom is -0.481 e. The monoisotopic (exact) mass is 295 g/mol. The highest BCUT2D eigenvalue weighted by Crippen LogP contribution is 2.17. The second-order valence-corrected chi connectivity index (χ2v) is 4.03. The lowest BCUT2D eigenvalue weighted by Gasteiger charge is -2.20. The van der Waals surface area contributed by atoms with Crippen LogP contribution in [-0.4, -0.2) is 56.6 Å². The lowest BCUT2D eigenvalue weighted by Crippen LogP contribution is -2.44. The molecule has 0 aliphatic carbocycles. The van der Waals surface area contributed by atoms with E-state index in [9.17, 15) is 24.3 Å². The third-order valence-corrected chi connectivity index (χ3v) is 2.39. The first-order valence-corrected chi connectivity index (χ1v) is 5.54. The van der Waals surface area contributed by atoms with Crippen molar-refractivity contribution in [3.63, 3.8) is 0 Å². The minimum atomic E-state index is -2.85. The highest BCUT2D eigenvalue weighted by Gasteiger charge is 2.42. The number of rotatable bonds is 7. The van der Waals surface area contributed by atoms with Gasteiger partial charge >= 0.3 is 23.9 Å². The van der Waals surface area contributed by atoms with Gasteiger partial charge in [0.2, 0.25) is 0 Å². The quantitative estimate of drug-likeness (QED) is 0.203.